The maximum atomic E-state index is 3.77. The van der Waals surface area contributed by atoms with Crippen molar-refractivity contribution in [2.45, 2.75) is 31.7 Å². The van der Waals surface area contributed by atoms with Crippen LogP contribution in [0.2, 0.25) is 0 Å². The van der Waals surface area contributed by atoms with Crippen LogP contribution < -0.4 is 5.32 Å². The van der Waals surface area contributed by atoms with Crippen molar-refractivity contribution in [1.29, 1.82) is 0 Å². The maximum absolute atomic E-state index is 3.77. The van der Waals surface area contributed by atoms with E-state index in [0.29, 0.717) is 12.0 Å². The zero-order valence-electron chi connectivity index (χ0n) is 14.1. The van der Waals surface area contributed by atoms with Crippen molar-refractivity contribution in [3.8, 4) is 0 Å². The molecule has 0 radical (unpaired) electrons. The minimum atomic E-state index is 0.578. The van der Waals surface area contributed by atoms with Crippen molar-refractivity contribution >= 4 is 0 Å². The first-order valence-corrected chi connectivity index (χ1v) is 8.86. The van der Waals surface area contributed by atoms with E-state index < -0.39 is 0 Å². The normalized spacial score (nSPS) is 19.8. The number of likely N-dealkylation sites (tertiary alicyclic amines) is 1. The zero-order valence-corrected chi connectivity index (χ0v) is 14.1. The van der Waals surface area contributed by atoms with E-state index in [2.05, 4.69) is 77.8 Å². The third-order valence-electron chi connectivity index (χ3n) is 4.91. The van der Waals surface area contributed by atoms with Gasteiger partial charge < -0.3 is 10.2 Å². The van der Waals surface area contributed by atoms with Crippen LogP contribution in [-0.2, 0) is 6.42 Å². The fraction of sp³-hybridized carbons (Fsp3) is 0.429. The summed E-state index contributed by atoms with van der Waals surface area (Å²) in [6.45, 7) is 6.97. The van der Waals surface area contributed by atoms with Crippen molar-refractivity contribution in [3.05, 3.63) is 71.8 Å². The zero-order chi connectivity index (χ0) is 15.9. The highest BCUT2D eigenvalue weighted by molar-refractivity contribution is 5.19. The van der Waals surface area contributed by atoms with Gasteiger partial charge >= 0.3 is 0 Å². The molecule has 0 amide bonds. The van der Waals surface area contributed by atoms with E-state index in [4.69, 9.17) is 0 Å². The minimum absolute atomic E-state index is 0.578. The first-order chi connectivity index (χ1) is 11.3. The van der Waals surface area contributed by atoms with Crippen LogP contribution in [0.1, 0.15) is 30.4 Å². The Bertz CT molecular complexity index is 567. The Labute approximate surface area is 140 Å². The van der Waals surface area contributed by atoms with Gasteiger partial charge in [-0.3, -0.25) is 0 Å². The second-order valence-corrected chi connectivity index (χ2v) is 6.74. The van der Waals surface area contributed by atoms with Gasteiger partial charge in [0, 0.05) is 25.7 Å². The Kier molecular flexibility index (Phi) is 5.84. The number of hydrogen-bond acceptors (Lipinski definition) is 2. The summed E-state index contributed by atoms with van der Waals surface area (Å²) < 4.78 is 0. The van der Waals surface area contributed by atoms with Crippen LogP contribution >= 0.6 is 0 Å². The van der Waals surface area contributed by atoms with E-state index in [1.807, 2.05) is 0 Å². The molecule has 122 valence electrons. The van der Waals surface area contributed by atoms with Crippen LogP contribution in [-0.4, -0.2) is 37.1 Å². The third kappa shape index (κ3) is 4.92. The number of rotatable bonds is 7. The third-order valence-corrected chi connectivity index (χ3v) is 4.91. The highest BCUT2D eigenvalue weighted by Crippen LogP contribution is 2.15. The fourth-order valence-corrected chi connectivity index (χ4v) is 3.38. The molecule has 2 aromatic carbocycles. The lowest BCUT2D eigenvalue weighted by atomic mass is 10.0. The van der Waals surface area contributed by atoms with Gasteiger partial charge in [0.25, 0.3) is 0 Å². The number of hydrogen-bond donors (Lipinski definition) is 1. The molecule has 1 fully saturated rings. The smallest absolute Gasteiger partial charge is 0.0207 e. The Morgan fingerprint density at radius 2 is 1.74 bits per heavy atom. The summed E-state index contributed by atoms with van der Waals surface area (Å²) in [4.78, 5) is 2.60. The molecule has 23 heavy (non-hydrogen) atoms. The molecule has 2 atom stereocenters. The molecule has 0 aliphatic carbocycles. The van der Waals surface area contributed by atoms with Crippen molar-refractivity contribution in [1.82, 2.24) is 10.2 Å². The molecular weight excluding hydrogens is 280 g/mol. The molecule has 1 heterocycles. The van der Waals surface area contributed by atoms with Crippen LogP contribution in [0.5, 0.6) is 0 Å². The average Bonchev–Trinajstić information content (AvgIpc) is 3.07. The molecule has 2 heteroatoms. The predicted molar refractivity (Wildman–Crippen MR) is 97.9 cm³/mol. The van der Waals surface area contributed by atoms with Gasteiger partial charge in [-0.1, -0.05) is 67.6 Å². The monoisotopic (exact) mass is 308 g/mol. The molecule has 0 unspecified atom stereocenters. The summed E-state index contributed by atoms with van der Waals surface area (Å²) in [7, 11) is 0. The fourth-order valence-electron chi connectivity index (χ4n) is 3.38. The summed E-state index contributed by atoms with van der Waals surface area (Å²) in [5, 5.41) is 3.77. The van der Waals surface area contributed by atoms with Crippen LogP contribution in [0.4, 0.5) is 0 Å². The molecule has 1 saturated heterocycles. The Hall–Kier alpha value is -1.64. The first-order valence-electron chi connectivity index (χ1n) is 8.86. The summed E-state index contributed by atoms with van der Waals surface area (Å²) in [5.74, 6) is 0.578. The largest absolute Gasteiger partial charge is 0.312 e. The highest BCUT2D eigenvalue weighted by Gasteiger charge is 2.22. The van der Waals surface area contributed by atoms with E-state index in [-0.39, 0.29) is 0 Å². The van der Waals surface area contributed by atoms with Crippen LogP contribution in [0.25, 0.3) is 0 Å². The molecule has 0 saturated carbocycles. The lowest BCUT2D eigenvalue weighted by Gasteiger charge is -2.19. The van der Waals surface area contributed by atoms with Gasteiger partial charge in [-0.2, -0.15) is 0 Å². The minimum Gasteiger partial charge on any atom is -0.312 e. The van der Waals surface area contributed by atoms with Crippen LogP contribution in [0.3, 0.4) is 0 Å². The molecule has 1 aliphatic heterocycles. The topological polar surface area (TPSA) is 15.3 Å². The standard InChI is InChI=1S/C21H28N2/c1-18(20-10-6-3-7-11-20)16-22-21-13-15-23(17-21)14-12-19-8-4-2-5-9-19/h2-11,18,21-22H,12-17H2,1H3/t18-,21+/m1/s1. The second-order valence-electron chi connectivity index (χ2n) is 6.74. The SMILES string of the molecule is C[C@H](CN[C@H]1CCN(CCc2ccccc2)C1)c1ccccc1. The molecule has 1 N–H and O–H groups in total. The van der Waals surface area contributed by atoms with Crippen molar-refractivity contribution in [3.63, 3.8) is 0 Å². The van der Waals surface area contributed by atoms with E-state index in [0.717, 1.165) is 13.0 Å². The second kappa shape index (κ2) is 8.28. The lowest BCUT2D eigenvalue weighted by Crippen LogP contribution is -2.35. The van der Waals surface area contributed by atoms with E-state index in [1.165, 1.54) is 37.2 Å². The van der Waals surface area contributed by atoms with Crippen LogP contribution in [0, 0.1) is 0 Å². The average molecular weight is 308 g/mol. The lowest BCUT2D eigenvalue weighted by molar-refractivity contribution is 0.331. The van der Waals surface area contributed by atoms with Crippen molar-refractivity contribution in [2.24, 2.45) is 0 Å². The van der Waals surface area contributed by atoms with Gasteiger partial charge in [0.15, 0.2) is 0 Å². The summed E-state index contributed by atoms with van der Waals surface area (Å²) in [6, 6.07) is 22.3. The summed E-state index contributed by atoms with van der Waals surface area (Å²) >= 11 is 0. The number of nitrogens with one attached hydrogen (secondary N) is 1. The summed E-state index contributed by atoms with van der Waals surface area (Å²) in [5.41, 5.74) is 2.88. The maximum Gasteiger partial charge on any atom is 0.0207 e. The molecule has 2 aromatic rings. The predicted octanol–water partition coefficient (Wildman–Crippen LogP) is 3.70. The molecule has 2 nitrogen and oxygen atoms in total. The van der Waals surface area contributed by atoms with Gasteiger partial charge in [-0.15, -0.1) is 0 Å². The van der Waals surface area contributed by atoms with Gasteiger partial charge in [-0.25, -0.2) is 0 Å². The Balaban J connectivity index is 1.38. The van der Waals surface area contributed by atoms with E-state index >= 15 is 0 Å². The van der Waals surface area contributed by atoms with Gasteiger partial charge in [0.1, 0.15) is 0 Å². The number of benzene rings is 2. The van der Waals surface area contributed by atoms with Gasteiger partial charge in [-0.05, 0) is 36.4 Å². The molecular formula is C21H28N2. The van der Waals surface area contributed by atoms with Crippen molar-refractivity contribution < 1.29 is 0 Å². The van der Waals surface area contributed by atoms with Crippen molar-refractivity contribution in [2.75, 3.05) is 26.2 Å². The quantitative estimate of drug-likeness (QED) is 0.839. The van der Waals surface area contributed by atoms with E-state index in [9.17, 15) is 0 Å². The Morgan fingerprint density at radius 1 is 1.04 bits per heavy atom. The molecule has 0 aromatic heterocycles. The Morgan fingerprint density at radius 3 is 2.48 bits per heavy atom. The van der Waals surface area contributed by atoms with E-state index in [1.54, 1.807) is 0 Å². The van der Waals surface area contributed by atoms with Gasteiger partial charge in [0.2, 0.25) is 0 Å². The first kappa shape index (κ1) is 16.2. The molecule has 1 aliphatic rings. The molecule has 0 spiro atoms. The molecule has 0 bridgehead atoms. The number of nitrogens with zero attached hydrogens (tertiary/aromatic N) is 1. The summed E-state index contributed by atoms with van der Waals surface area (Å²) in [6.07, 6.45) is 2.43. The van der Waals surface area contributed by atoms with Crippen LogP contribution in [0.15, 0.2) is 60.7 Å². The van der Waals surface area contributed by atoms with Gasteiger partial charge in [0.05, 0.1) is 0 Å². The highest BCUT2D eigenvalue weighted by atomic mass is 15.2. The molecule has 3 rings (SSSR count).